The van der Waals surface area contributed by atoms with Crippen molar-refractivity contribution in [3.05, 3.63) is 69.5 Å². The molecule has 2 fully saturated rings. The van der Waals surface area contributed by atoms with E-state index in [1.165, 1.54) is 5.57 Å². The number of halogens is 2. The van der Waals surface area contributed by atoms with E-state index in [1.54, 1.807) is 38.3 Å². The van der Waals surface area contributed by atoms with Gasteiger partial charge in [-0.2, -0.15) is 0 Å². The zero-order valence-electron chi connectivity index (χ0n) is 31.1. The predicted molar refractivity (Wildman–Crippen MR) is 204 cm³/mol. The summed E-state index contributed by atoms with van der Waals surface area (Å²) >= 11 is 6.28. The van der Waals surface area contributed by atoms with Crippen molar-refractivity contribution in [1.29, 1.82) is 0 Å². The summed E-state index contributed by atoms with van der Waals surface area (Å²) < 4.78 is 64.2. The molecule has 12 heteroatoms. The number of allylic oxidation sites excluding steroid dienone is 1. The monoisotopic (exact) mass is 769 g/mol. The van der Waals surface area contributed by atoms with Gasteiger partial charge in [0.1, 0.15) is 11.6 Å². The number of fused-ring (bicyclic) bond motifs is 6. The van der Waals surface area contributed by atoms with E-state index in [9.17, 15) is 13.2 Å². The summed E-state index contributed by atoms with van der Waals surface area (Å²) in [6.07, 6.45) is 9.75. The van der Waals surface area contributed by atoms with Crippen LogP contribution >= 0.6 is 11.6 Å². The fraction of sp³-hybridized carbons (Fsp3) is 0.634. The second-order valence-electron chi connectivity index (χ2n) is 16.6. The Bertz CT molecular complexity index is 1870. The molecule has 0 aromatic heterocycles. The number of benzene rings is 2. The number of amides is 1. The van der Waals surface area contributed by atoms with Crippen molar-refractivity contribution >= 4 is 33.2 Å². The van der Waals surface area contributed by atoms with Gasteiger partial charge in [-0.3, -0.25) is 4.79 Å². The molecule has 1 saturated carbocycles. The molecule has 4 bridgehead atoms. The van der Waals surface area contributed by atoms with Crippen molar-refractivity contribution in [1.82, 2.24) is 9.62 Å². The van der Waals surface area contributed by atoms with Crippen LogP contribution in [-0.4, -0.2) is 89.7 Å². The number of likely N-dealkylation sites (tertiary alicyclic amines) is 1. The van der Waals surface area contributed by atoms with E-state index in [1.807, 2.05) is 13.0 Å². The van der Waals surface area contributed by atoms with Crippen LogP contribution in [0.1, 0.15) is 80.3 Å². The highest BCUT2D eigenvalue weighted by molar-refractivity contribution is 7.90. The lowest BCUT2D eigenvalue weighted by Gasteiger charge is -2.48. The molecule has 2 aromatic carbocycles. The minimum atomic E-state index is -3.97. The zero-order valence-corrected chi connectivity index (χ0v) is 32.7. The quantitative estimate of drug-likeness (QED) is 0.344. The highest BCUT2D eigenvalue weighted by atomic mass is 35.5. The van der Waals surface area contributed by atoms with Gasteiger partial charge in [0.25, 0.3) is 5.91 Å². The maximum absolute atomic E-state index is 15.5. The molecule has 53 heavy (non-hydrogen) atoms. The van der Waals surface area contributed by atoms with E-state index in [0.29, 0.717) is 62.0 Å². The van der Waals surface area contributed by atoms with Crippen LogP contribution in [0.2, 0.25) is 5.02 Å². The number of methoxy groups -OCH3 is 1. The summed E-state index contributed by atoms with van der Waals surface area (Å²) in [5.41, 5.74) is 3.39. The molecule has 1 spiro atoms. The van der Waals surface area contributed by atoms with Gasteiger partial charge in [-0.25, -0.2) is 17.5 Å². The highest BCUT2D eigenvalue weighted by Crippen LogP contribution is 2.50. The van der Waals surface area contributed by atoms with Gasteiger partial charge in [0.05, 0.1) is 41.4 Å². The Morgan fingerprint density at radius 3 is 2.64 bits per heavy atom. The summed E-state index contributed by atoms with van der Waals surface area (Å²) in [4.78, 5) is 18.4. The molecule has 0 radical (unpaired) electrons. The molecule has 7 atom stereocenters. The van der Waals surface area contributed by atoms with Crippen LogP contribution < -0.4 is 14.4 Å². The smallest absolute Gasteiger partial charge is 0.264 e. The van der Waals surface area contributed by atoms with Gasteiger partial charge in [0.15, 0.2) is 0 Å². The molecule has 1 N–H and O–H groups in total. The van der Waals surface area contributed by atoms with Gasteiger partial charge in [-0.05, 0) is 123 Å². The van der Waals surface area contributed by atoms with Gasteiger partial charge in [-0.15, -0.1) is 0 Å². The molecule has 3 aliphatic carbocycles. The van der Waals surface area contributed by atoms with Crippen LogP contribution in [0.3, 0.4) is 0 Å². The van der Waals surface area contributed by atoms with Crippen molar-refractivity contribution in [3.8, 4) is 5.75 Å². The molecule has 288 valence electrons. The van der Waals surface area contributed by atoms with Gasteiger partial charge >= 0.3 is 0 Å². The molecule has 1 amide bonds. The SMILES string of the molecule is COC1CCN(CCO[C@H]2C3=C[C@@H](C3)[C@H](C)[C@@H](C)S(=O)(=O)NC(=O)c3ccc4c(c3)N(C[C@@H]3CC[C@H]32)C[C@@]2(CCCc3c2ccc(Cl)c3F)CO4)CC1. The maximum atomic E-state index is 15.5. The number of piperidine rings is 1. The van der Waals surface area contributed by atoms with Crippen LogP contribution in [0, 0.1) is 29.5 Å². The Morgan fingerprint density at radius 1 is 1.11 bits per heavy atom. The lowest BCUT2D eigenvalue weighted by Crippen LogP contribution is -2.51. The Hall–Kier alpha value is -2.70. The van der Waals surface area contributed by atoms with Gasteiger partial charge in [-0.1, -0.05) is 30.7 Å². The summed E-state index contributed by atoms with van der Waals surface area (Å²) in [6.45, 7) is 8.82. The first-order valence-electron chi connectivity index (χ1n) is 19.6. The van der Waals surface area contributed by atoms with Crippen LogP contribution in [0.4, 0.5) is 10.1 Å². The molecule has 0 unspecified atom stereocenters. The summed E-state index contributed by atoms with van der Waals surface area (Å²) in [5.74, 6) is 0.174. The number of carbonyl (C=O) groups is 1. The van der Waals surface area contributed by atoms with Crippen molar-refractivity contribution in [2.24, 2.45) is 23.7 Å². The van der Waals surface area contributed by atoms with Crippen molar-refractivity contribution in [2.45, 2.75) is 88.1 Å². The second kappa shape index (κ2) is 14.8. The minimum absolute atomic E-state index is 0.0390. The summed E-state index contributed by atoms with van der Waals surface area (Å²) in [5, 5.41) is -0.637. The third kappa shape index (κ3) is 7.03. The molecule has 9 nitrogen and oxygen atoms in total. The number of nitrogens with zero attached hydrogens (tertiary/aromatic N) is 2. The van der Waals surface area contributed by atoms with Crippen molar-refractivity contribution in [3.63, 3.8) is 0 Å². The summed E-state index contributed by atoms with van der Waals surface area (Å²) in [7, 11) is -2.18. The molecule has 4 heterocycles. The number of carbonyl (C=O) groups excluding carboxylic acids is 1. The average Bonchev–Trinajstić information content (AvgIpc) is 3.27. The number of rotatable bonds is 5. The molecule has 2 aromatic rings. The normalized spacial score (nSPS) is 33.0. The molecule has 9 rings (SSSR count). The van der Waals surface area contributed by atoms with Crippen LogP contribution in [0.5, 0.6) is 5.75 Å². The molecule has 7 aliphatic rings. The number of hydrogen-bond acceptors (Lipinski definition) is 8. The highest BCUT2D eigenvalue weighted by Gasteiger charge is 2.47. The van der Waals surface area contributed by atoms with E-state index >= 15 is 4.39 Å². The number of nitrogens with one attached hydrogen (secondary N) is 1. The topological polar surface area (TPSA) is 97.4 Å². The second-order valence-corrected chi connectivity index (χ2v) is 19.0. The lowest BCUT2D eigenvalue weighted by molar-refractivity contribution is -0.0377. The number of sulfonamides is 1. The van der Waals surface area contributed by atoms with Crippen LogP contribution in [0.25, 0.3) is 0 Å². The third-order valence-corrected chi connectivity index (χ3v) is 15.9. The fourth-order valence-corrected chi connectivity index (χ4v) is 11.5. The molecular formula is C41H53ClFN3O6S. The Kier molecular flexibility index (Phi) is 10.4. The zero-order chi connectivity index (χ0) is 37.1. The number of hydrogen-bond donors (Lipinski definition) is 1. The van der Waals surface area contributed by atoms with E-state index in [-0.39, 0.29) is 34.3 Å². The van der Waals surface area contributed by atoms with Gasteiger partial charge in [0.2, 0.25) is 10.0 Å². The number of anilines is 1. The van der Waals surface area contributed by atoms with Crippen LogP contribution in [-0.2, 0) is 31.3 Å². The number of ether oxygens (including phenoxy) is 3. The van der Waals surface area contributed by atoms with E-state index in [2.05, 4.69) is 20.6 Å². The van der Waals surface area contributed by atoms with E-state index in [0.717, 1.165) is 75.8 Å². The Balaban J connectivity index is 1.14. The van der Waals surface area contributed by atoms with E-state index in [4.69, 9.17) is 25.8 Å². The maximum Gasteiger partial charge on any atom is 0.264 e. The third-order valence-electron chi connectivity index (χ3n) is 13.7. The molecule has 4 aliphatic heterocycles. The standard InChI is InChI=1S/C41H53ClFN3O6S/c1-25-26(2)53(48,49)44-40(47)27-7-11-37-36(21-27)46(23-41(24-52-37)14-4-5-33-34(41)9-10-35(42)38(33)43)22-28-6-8-32(28)39(30-19-29(25)20-30)51-18-17-45-15-12-31(50-3)13-16-45/h7,9-11,19,21,25-26,28-29,31-32,39H,4-6,8,12-18,20,22-24H2,1-3H3,(H,44,47)/t25-,26-,28+,29+,32-,39+,41+/m1/s1. The largest absolute Gasteiger partial charge is 0.490 e. The average molecular weight is 770 g/mol. The first-order chi connectivity index (χ1) is 25.5. The van der Waals surface area contributed by atoms with Gasteiger partial charge in [0, 0.05) is 50.8 Å². The predicted octanol–water partition coefficient (Wildman–Crippen LogP) is 6.52. The molecule has 1 saturated heterocycles. The van der Waals surface area contributed by atoms with Crippen molar-refractivity contribution < 1.29 is 31.8 Å². The lowest BCUT2D eigenvalue weighted by atomic mass is 9.64. The van der Waals surface area contributed by atoms with Crippen molar-refractivity contribution in [2.75, 3.05) is 57.9 Å². The van der Waals surface area contributed by atoms with Gasteiger partial charge < -0.3 is 24.0 Å². The van der Waals surface area contributed by atoms with Crippen LogP contribution in [0.15, 0.2) is 42.0 Å². The Morgan fingerprint density at radius 2 is 1.91 bits per heavy atom. The first-order valence-corrected chi connectivity index (χ1v) is 21.5. The summed E-state index contributed by atoms with van der Waals surface area (Å²) in [6, 6.07) is 8.82. The Labute approximate surface area is 318 Å². The minimum Gasteiger partial charge on any atom is -0.490 e. The van der Waals surface area contributed by atoms with E-state index < -0.39 is 26.6 Å². The fourth-order valence-electron chi connectivity index (χ4n) is 9.95. The first kappa shape index (κ1) is 37.2. The molecular weight excluding hydrogens is 717 g/mol.